The Morgan fingerprint density at radius 2 is 1.79 bits per heavy atom. The Morgan fingerprint density at radius 1 is 1.04 bits per heavy atom. The second-order valence-electron chi connectivity index (χ2n) is 8.30. The van der Waals surface area contributed by atoms with Crippen molar-refractivity contribution in [2.75, 3.05) is 37.6 Å². The Hall–Kier alpha value is -1.28. The molecule has 0 bridgehead atoms. The largest absolute Gasteiger partial charge is 0.368 e. The van der Waals surface area contributed by atoms with Crippen molar-refractivity contribution in [2.45, 2.75) is 52.9 Å². The molecule has 0 N–H and O–H groups in total. The third-order valence-electron chi connectivity index (χ3n) is 5.76. The van der Waals surface area contributed by atoms with E-state index < -0.39 is 0 Å². The highest BCUT2D eigenvalue weighted by atomic mass is 15.3. The lowest BCUT2D eigenvalue weighted by atomic mass is 9.77. The van der Waals surface area contributed by atoms with Crippen LogP contribution in [0.25, 0.3) is 5.57 Å². The van der Waals surface area contributed by atoms with Gasteiger partial charge in [0.05, 0.1) is 0 Å². The minimum atomic E-state index is 0.476. The average molecular weight is 327 g/mol. The average Bonchev–Trinajstić information content (AvgIpc) is 2.60. The molecule has 0 radical (unpaired) electrons. The van der Waals surface area contributed by atoms with E-state index in [1.807, 2.05) is 0 Å². The van der Waals surface area contributed by atoms with Crippen LogP contribution in [0.4, 0.5) is 5.69 Å². The Bertz CT molecular complexity index is 565. The van der Waals surface area contributed by atoms with Gasteiger partial charge in [0.25, 0.3) is 0 Å². The lowest BCUT2D eigenvalue weighted by molar-refractivity contribution is 0.254. The van der Waals surface area contributed by atoms with Crippen LogP contribution in [0.15, 0.2) is 30.3 Å². The maximum atomic E-state index is 2.63. The molecule has 1 aliphatic heterocycles. The van der Waals surface area contributed by atoms with E-state index >= 15 is 0 Å². The first kappa shape index (κ1) is 17.5. The van der Waals surface area contributed by atoms with Gasteiger partial charge < -0.3 is 4.90 Å². The van der Waals surface area contributed by atoms with Crippen molar-refractivity contribution in [2.24, 2.45) is 5.41 Å². The number of hydrogen-bond acceptors (Lipinski definition) is 2. The SMILES string of the molecule is CCCCN1CCN(c2ccccc2C2=CCC(C)(C)CC2)CC1. The molecule has 1 fully saturated rings. The zero-order chi connectivity index (χ0) is 17.0. The van der Waals surface area contributed by atoms with Crippen LogP contribution in [-0.4, -0.2) is 37.6 Å². The van der Waals surface area contributed by atoms with Gasteiger partial charge in [-0.15, -0.1) is 0 Å². The first-order valence-corrected chi connectivity index (χ1v) is 9.85. The zero-order valence-electron chi connectivity index (χ0n) is 15.9. The van der Waals surface area contributed by atoms with Gasteiger partial charge in [0.15, 0.2) is 0 Å². The fourth-order valence-corrected chi connectivity index (χ4v) is 3.94. The highest BCUT2D eigenvalue weighted by molar-refractivity contribution is 5.77. The van der Waals surface area contributed by atoms with E-state index in [4.69, 9.17) is 0 Å². The summed E-state index contributed by atoms with van der Waals surface area (Å²) in [6, 6.07) is 9.08. The van der Waals surface area contributed by atoms with Crippen LogP contribution < -0.4 is 4.90 Å². The second kappa shape index (κ2) is 7.74. The molecule has 24 heavy (non-hydrogen) atoms. The quantitative estimate of drug-likeness (QED) is 0.733. The molecule has 1 aliphatic carbocycles. The zero-order valence-corrected chi connectivity index (χ0v) is 15.9. The molecule has 0 amide bonds. The van der Waals surface area contributed by atoms with E-state index in [1.54, 1.807) is 5.57 Å². The van der Waals surface area contributed by atoms with E-state index in [0.29, 0.717) is 5.41 Å². The van der Waals surface area contributed by atoms with Crippen molar-refractivity contribution in [3.63, 3.8) is 0 Å². The highest BCUT2D eigenvalue weighted by Crippen LogP contribution is 2.40. The van der Waals surface area contributed by atoms with Gasteiger partial charge in [-0.2, -0.15) is 0 Å². The monoisotopic (exact) mass is 326 g/mol. The molecule has 0 spiro atoms. The first-order valence-electron chi connectivity index (χ1n) is 9.85. The molecular weight excluding hydrogens is 292 g/mol. The van der Waals surface area contributed by atoms with Crippen LogP contribution in [0.3, 0.4) is 0 Å². The van der Waals surface area contributed by atoms with Gasteiger partial charge >= 0.3 is 0 Å². The standard InChI is InChI=1S/C22H34N2/c1-4-5-14-23-15-17-24(18-16-23)21-9-7-6-8-20(21)19-10-12-22(2,3)13-11-19/h6-10H,4-5,11-18H2,1-3H3. The van der Waals surface area contributed by atoms with Crippen LogP contribution in [-0.2, 0) is 0 Å². The molecule has 3 rings (SSSR count). The molecule has 2 nitrogen and oxygen atoms in total. The predicted octanol–water partition coefficient (Wildman–Crippen LogP) is 5.20. The minimum Gasteiger partial charge on any atom is -0.368 e. The summed E-state index contributed by atoms with van der Waals surface area (Å²) in [4.78, 5) is 5.24. The van der Waals surface area contributed by atoms with Crippen molar-refractivity contribution >= 4 is 11.3 Å². The van der Waals surface area contributed by atoms with Crippen LogP contribution >= 0.6 is 0 Å². The molecule has 1 heterocycles. The minimum absolute atomic E-state index is 0.476. The van der Waals surface area contributed by atoms with E-state index in [2.05, 4.69) is 60.9 Å². The molecule has 1 aromatic rings. The van der Waals surface area contributed by atoms with Crippen molar-refractivity contribution in [1.82, 2.24) is 4.90 Å². The molecule has 0 saturated carbocycles. The van der Waals surface area contributed by atoms with Crippen LogP contribution in [0.1, 0.15) is 58.4 Å². The van der Waals surface area contributed by atoms with Crippen molar-refractivity contribution < 1.29 is 0 Å². The number of hydrogen-bond donors (Lipinski definition) is 0. The number of nitrogens with zero attached hydrogens (tertiary/aromatic N) is 2. The van der Waals surface area contributed by atoms with E-state index in [1.165, 1.54) is 76.1 Å². The molecule has 2 aliphatic rings. The summed E-state index contributed by atoms with van der Waals surface area (Å²) in [5, 5.41) is 0. The lowest BCUT2D eigenvalue weighted by Crippen LogP contribution is -2.46. The van der Waals surface area contributed by atoms with Crippen molar-refractivity contribution in [3.05, 3.63) is 35.9 Å². The summed E-state index contributed by atoms with van der Waals surface area (Å²) in [6.45, 7) is 13.1. The third-order valence-corrected chi connectivity index (χ3v) is 5.76. The topological polar surface area (TPSA) is 6.48 Å². The van der Waals surface area contributed by atoms with Crippen LogP contribution in [0, 0.1) is 5.41 Å². The summed E-state index contributed by atoms with van der Waals surface area (Å²) in [6.07, 6.45) is 8.87. The highest BCUT2D eigenvalue weighted by Gasteiger charge is 2.24. The molecule has 1 aromatic carbocycles. The molecule has 2 heteroatoms. The van der Waals surface area contributed by atoms with Crippen LogP contribution in [0.5, 0.6) is 0 Å². The summed E-state index contributed by atoms with van der Waals surface area (Å²) < 4.78 is 0. The maximum Gasteiger partial charge on any atom is 0.0443 e. The molecule has 1 saturated heterocycles. The summed E-state index contributed by atoms with van der Waals surface area (Å²) in [5.74, 6) is 0. The van der Waals surface area contributed by atoms with Gasteiger partial charge in [-0.3, -0.25) is 4.90 Å². The summed E-state index contributed by atoms with van der Waals surface area (Å²) in [7, 11) is 0. The molecule has 132 valence electrons. The first-order chi connectivity index (χ1) is 11.6. The van der Waals surface area contributed by atoms with E-state index in [9.17, 15) is 0 Å². The number of benzene rings is 1. The summed E-state index contributed by atoms with van der Waals surface area (Å²) in [5.41, 5.74) is 4.98. The van der Waals surface area contributed by atoms with E-state index in [-0.39, 0.29) is 0 Å². The number of para-hydroxylation sites is 1. The number of unbranched alkanes of at least 4 members (excludes halogenated alkanes) is 1. The molecule has 0 aromatic heterocycles. The van der Waals surface area contributed by atoms with Crippen LogP contribution in [0.2, 0.25) is 0 Å². The third kappa shape index (κ3) is 4.22. The van der Waals surface area contributed by atoms with Gasteiger partial charge in [-0.25, -0.2) is 0 Å². The van der Waals surface area contributed by atoms with Crippen molar-refractivity contribution in [1.29, 1.82) is 0 Å². The Morgan fingerprint density at radius 3 is 2.46 bits per heavy atom. The van der Waals surface area contributed by atoms with E-state index in [0.717, 1.165) is 0 Å². The molecule has 0 unspecified atom stereocenters. The molecular formula is C22H34N2. The number of piperazine rings is 1. The number of allylic oxidation sites excluding steroid dienone is 2. The van der Waals surface area contributed by atoms with Crippen molar-refractivity contribution in [3.8, 4) is 0 Å². The number of anilines is 1. The lowest BCUT2D eigenvalue weighted by Gasteiger charge is -2.38. The Balaban J connectivity index is 1.71. The number of rotatable bonds is 5. The molecule has 0 atom stereocenters. The smallest absolute Gasteiger partial charge is 0.0443 e. The Labute approximate surface area is 148 Å². The predicted molar refractivity (Wildman–Crippen MR) is 106 cm³/mol. The normalized spacial score (nSPS) is 21.6. The fraction of sp³-hybridized carbons (Fsp3) is 0.636. The van der Waals surface area contributed by atoms with Gasteiger partial charge in [-0.05, 0) is 49.3 Å². The second-order valence-corrected chi connectivity index (χ2v) is 8.30. The summed E-state index contributed by atoms with van der Waals surface area (Å²) >= 11 is 0. The Kier molecular flexibility index (Phi) is 5.65. The van der Waals surface area contributed by atoms with Gasteiger partial charge in [0, 0.05) is 37.4 Å². The maximum absolute atomic E-state index is 2.63. The van der Waals surface area contributed by atoms with Gasteiger partial charge in [-0.1, -0.05) is 51.5 Å². The van der Waals surface area contributed by atoms with Gasteiger partial charge in [0.2, 0.25) is 0 Å². The fourth-order valence-electron chi connectivity index (χ4n) is 3.94. The van der Waals surface area contributed by atoms with Gasteiger partial charge in [0.1, 0.15) is 0 Å².